The lowest BCUT2D eigenvalue weighted by molar-refractivity contribution is -0.121. The number of hydrogen-bond acceptors (Lipinski definition) is 4. The molecule has 1 aromatic rings. The first-order valence-corrected chi connectivity index (χ1v) is 6.28. The van der Waals surface area contributed by atoms with Crippen molar-refractivity contribution in [2.24, 2.45) is 0 Å². The summed E-state index contributed by atoms with van der Waals surface area (Å²) < 4.78 is 0. The molecule has 6 nitrogen and oxygen atoms in total. The van der Waals surface area contributed by atoms with Gasteiger partial charge in [-0.15, -0.1) is 0 Å². The van der Waals surface area contributed by atoms with Crippen LogP contribution in [0.15, 0.2) is 12.3 Å². The second-order valence-electron chi connectivity index (χ2n) is 3.99. The van der Waals surface area contributed by atoms with Crippen LogP contribution in [0.1, 0.15) is 23.7 Å². The van der Waals surface area contributed by atoms with E-state index in [9.17, 15) is 9.59 Å². The summed E-state index contributed by atoms with van der Waals surface area (Å²) in [7, 11) is 1.52. The van der Waals surface area contributed by atoms with Crippen LogP contribution in [0, 0.1) is 0 Å². The summed E-state index contributed by atoms with van der Waals surface area (Å²) in [5.41, 5.74) is 6.22. The van der Waals surface area contributed by atoms with Crippen molar-refractivity contribution in [1.29, 1.82) is 0 Å². The number of nitrogens with one attached hydrogen (secondary N) is 1. The van der Waals surface area contributed by atoms with Crippen molar-refractivity contribution in [3.8, 4) is 0 Å². The van der Waals surface area contributed by atoms with Crippen molar-refractivity contribution in [1.82, 2.24) is 15.2 Å². The number of nitrogen functional groups attached to an aromatic ring is 1. The van der Waals surface area contributed by atoms with E-state index in [4.69, 9.17) is 17.3 Å². The van der Waals surface area contributed by atoms with Crippen LogP contribution in [0.5, 0.6) is 0 Å². The lowest BCUT2D eigenvalue weighted by Gasteiger charge is -2.21. The summed E-state index contributed by atoms with van der Waals surface area (Å²) in [6.45, 7) is 2.38. The minimum Gasteiger partial charge on any atom is -0.397 e. The SMILES string of the molecule is CCCN(CC(=O)NC)C(=O)c1cc(Cl)ncc1N. The molecule has 0 saturated heterocycles. The van der Waals surface area contributed by atoms with E-state index in [1.165, 1.54) is 24.2 Å². The maximum absolute atomic E-state index is 12.3. The van der Waals surface area contributed by atoms with Crippen LogP contribution >= 0.6 is 11.6 Å². The van der Waals surface area contributed by atoms with Crippen LogP contribution in [0.4, 0.5) is 5.69 Å². The first kappa shape index (κ1) is 15.2. The van der Waals surface area contributed by atoms with E-state index in [0.29, 0.717) is 6.54 Å². The third-order valence-corrected chi connectivity index (χ3v) is 2.73. The molecule has 0 radical (unpaired) electrons. The van der Waals surface area contributed by atoms with Gasteiger partial charge in [-0.2, -0.15) is 0 Å². The molecule has 0 aromatic carbocycles. The summed E-state index contributed by atoms with van der Waals surface area (Å²) in [6.07, 6.45) is 2.07. The average molecular weight is 285 g/mol. The summed E-state index contributed by atoms with van der Waals surface area (Å²) in [5.74, 6) is -0.562. The van der Waals surface area contributed by atoms with Gasteiger partial charge in [-0.1, -0.05) is 18.5 Å². The average Bonchev–Trinajstić information content (AvgIpc) is 2.40. The Bertz CT molecular complexity index is 479. The largest absolute Gasteiger partial charge is 0.397 e. The molecular weight excluding hydrogens is 268 g/mol. The molecule has 0 aliphatic rings. The van der Waals surface area contributed by atoms with Gasteiger partial charge in [0.1, 0.15) is 5.15 Å². The van der Waals surface area contributed by atoms with Crippen molar-refractivity contribution in [2.75, 3.05) is 25.9 Å². The zero-order valence-corrected chi connectivity index (χ0v) is 11.7. The standard InChI is InChI=1S/C12H17ClN4O2/c1-3-4-17(7-11(18)15-2)12(19)8-5-10(13)16-6-9(8)14/h5-6H,3-4,7,14H2,1-2H3,(H,15,18). The number of pyridine rings is 1. The molecule has 104 valence electrons. The van der Waals surface area contributed by atoms with Gasteiger partial charge in [0.25, 0.3) is 5.91 Å². The van der Waals surface area contributed by atoms with E-state index < -0.39 is 0 Å². The van der Waals surface area contributed by atoms with Gasteiger partial charge in [0.2, 0.25) is 5.91 Å². The third kappa shape index (κ3) is 4.10. The quantitative estimate of drug-likeness (QED) is 0.787. The molecule has 0 unspecified atom stereocenters. The van der Waals surface area contributed by atoms with Crippen LogP contribution < -0.4 is 11.1 Å². The molecule has 19 heavy (non-hydrogen) atoms. The Morgan fingerprint density at radius 2 is 2.21 bits per heavy atom. The number of halogens is 1. The molecule has 1 aromatic heterocycles. The second-order valence-corrected chi connectivity index (χ2v) is 4.38. The Morgan fingerprint density at radius 3 is 2.79 bits per heavy atom. The number of aromatic nitrogens is 1. The summed E-state index contributed by atoms with van der Waals surface area (Å²) >= 11 is 5.76. The highest BCUT2D eigenvalue weighted by Gasteiger charge is 2.20. The fourth-order valence-corrected chi connectivity index (χ4v) is 1.73. The second kappa shape index (κ2) is 6.94. The molecule has 1 rings (SSSR count). The van der Waals surface area contributed by atoms with Crippen molar-refractivity contribution in [3.05, 3.63) is 23.0 Å². The maximum atomic E-state index is 12.3. The number of carbonyl (C=O) groups is 2. The Morgan fingerprint density at radius 1 is 1.53 bits per heavy atom. The van der Waals surface area contributed by atoms with E-state index in [1.807, 2.05) is 6.92 Å². The lowest BCUT2D eigenvalue weighted by Crippen LogP contribution is -2.40. The lowest BCUT2D eigenvalue weighted by atomic mass is 10.2. The highest BCUT2D eigenvalue weighted by Crippen LogP contribution is 2.17. The summed E-state index contributed by atoms with van der Waals surface area (Å²) in [6, 6.07) is 1.41. The Labute approximate surface area is 116 Å². The smallest absolute Gasteiger partial charge is 0.256 e. The molecule has 0 aliphatic heterocycles. The van der Waals surface area contributed by atoms with Gasteiger partial charge in [-0.05, 0) is 12.5 Å². The van der Waals surface area contributed by atoms with Gasteiger partial charge in [-0.3, -0.25) is 9.59 Å². The highest BCUT2D eigenvalue weighted by molar-refractivity contribution is 6.29. The molecule has 0 bridgehead atoms. The van der Waals surface area contributed by atoms with E-state index >= 15 is 0 Å². The van der Waals surface area contributed by atoms with Crippen LogP contribution in [-0.4, -0.2) is 41.8 Å². The number of nitrogens with zero attached hydrogens (tertiary/aromatic N) is 2. The number of nitrogens with two attached hydrogens (primary N) is 1. The van der Waals surface area contributed by atoms with E-state index in [-0.39, 0.29) is 34.8 Å². The van der Waals surface area contributed by atoms with Crippen LogP contribution in [-0.2, 0) is 4.79 Å². The Kier molecular flexibility index (Phi) is 5.57. The maximum Gasteiger partial charge on any atom is 0.256 e. The first-order chi connectivity index (χ1) is 8.99. The van der Waals surface area contributed by atoms with Crippen LogP contribution in [0.25, 0.3) is 0 Å². The zero-order valence-electron chi connectivity index (χ0n) is 10.9. The third-order valence-electron chi connectivity index (χ3n) is 2.53. The molecule has 2 amide bonds. The predicted octanol–water partition coefficient (Wildman–Crippen LogP) is 0.915. The van der Waals surface area contributed by atoms with E-state index in [1.54, 1.807) is 0 Å². The van der Waals surface area contributed by atoms with Gasteiger partial charge >= 0.3 is 0 Å². The molecule has 0 aliphatic carbocycles. The minimum atomic E-state index is -0.327. The minimum absolute atomic E-state index is 0.0114. The summed E-state index contributed by atoms with van der Waals surface area (Å²) in [5, 5.41) is 2.67. The van der Waals surface area contributed by atoms with Gasteiger partial charge in [0.05, 0.1) is 24.0 Å². The van der Waals surface area contributed by atoms with Crippen molar-refractivity contribution in [3.63, 3.8) is 0 Å². The number of hydrogen-bond donors (Lipinski definition) is 2. The van der Waals surface area contributed by atoms with Gasteiger partial charge in [-0.25, -0.2) is 4.98 Å². The number of amides is 2. The van der Waals surface area contributed by atoms with Gasteiger partial charge in [0.15, 0.2) is 0 Å². The molecule has 3 N–H and O–H groups in total. The summed E-state index contributed by atoms with van der Waals surface area (Å²) in [4.78, 5) is 29.0. The number of carbonyl (C=O) groups excluding carboxylic acids is 2. The predicted molar refractivity (Wildman–Crippen MR) is 73.9 cm³/mol. The van der Waals surface area contributed by atoms with Crippen LogP contribution in [0.3, 0.4) is 0 Å². The fourth-order valence-electron chi connectivity index (χ4n) is 1.57. The van der Waals surface area contributed by atoms with Crippen molar-refractivity contribution < 1.29 is 9.59 Å². The Balaban J connectivity index is 2.98. The van der Waals surface area contributed by atoms with Gasteiger partial charge < -0.3 is 16.0 Å². The van der Waals surface area contributed by atoms with Gasteiger partial charge in [0, 0.05) is 13.6 Å². The monoisotopic (exact) mass is 284 g/mol. The number of rotatable bonds is 5. The van der Waals surface area contributed by atoms with E-state index in [2.05, 4.69) is 10.3 Å². The zero-order chi connectivity index (χ0) is 14.4. The molecule has 0 spiro atoms. The van der Waals surface area contributed by atoms with Crippen LogP contribution in [0.2, 0.25) is 5.15 Å². The molecular formula is C12H17ClN4O2. The number of likely N-dealkylation sites (N-methyl/N-ethyl adjacent to an activating group) is 1. The molecule has 0 fully saturated rings. The van der Waals surface area contributed by atoms with E-state index in [0.717, 1.165) is 6.42 Å². The first-order valence-electron chi connectivity index (χ1n) is 5.90. The van der Waals surface area contributed by atoms with Crippen molar-refractivity contribution in [2.45, 2.75) is 13.3 Å². The molecule has 1 heterocycles. The molecule has 0 atom stereocenters. The molecule has 7 heteroatoms. The van der Waals surface area contributed by atoms with Crippen molar-refractivity contribution >= 4 is 29.1 Å². The number of anilines is 1. The topological polar surface area (TPSA) is 88.3 Å². The highest BCUT2D eigenvalue weighted by atomic mass is 35.5. The fraction of sp³-hybridized carbons (Fsp3) is 0.417. The normalized spacial score (nSPS) is 10.1. The Hall–Kier alpha value is -1.82. The molecule has 0 saturated carbocycles.